The van der Waals surface area contributed by atoms with E-state index in [2.05, 4.69) is 32.6 Å². The summed E-state index contributed by atoms with van der Waals surface area (Å²) in [4.78, 5) is 16.7. The molecule has 0 atom stereocenters. The van der Waals surface area contributed by atoms with Gasteiger partial charge >= 0.3 is 0 Å². The number of carbonyl (C=O) groups is 1. The molecule has 0 saturated carbocycles. The van der Waals surface area contributed by atoms with E-state index in [9.17, 15) is 15.1 Å². The number of thioether (sulfide) groups is 1. The summed E-state index contributed by atoms with van der Waals surface area (Å²) in [5.74, 6) is 0.121. The maximum absolute atomic E-state index is 12.5. The van der Waals surface area contributed by atoms with Gasteiger partial charge < -0.3 is 10.4 Å². The van der Waals surface area contributed by atoms with E-state index >= 15 is 0 Å². The number of carbonyl (C=O) groups excluding carboxylic acids is 1. The monoisotopic (exact) mass is 397 g/mol. The molecule has 1 amide bonds. The lowest BCUT2D eigenvalue weighted by atomic mass is 10.0. The fourth-order valence-corrected chi connectivity index (χ4v) is 3.17. The first kappa shape index (κ1) is 19.6. The number of anilines is 1. The lowest BCUT2D eigenvalue weighted by Crippen LogP contribution is -2.23. The molecule has 1 aliphatic rings. The zero-order valence-electron chi connectivity index (χ0n) is 14.9. The lowest BCUT2D eigenvalue weighted by Gasteiger charge is -2.10. The second-order valence-corrected chi connectivity index (χ2v) is 7.04. The molecule has 0 aliphatic carbocycles. The second kappa shape index (κ2) is 9.16. The predicted octanol–water partition coefficient (Wildman–Crippen LogP) is 3.12. The third kappa shape index (κ3) is 5.18. The molecule has 0 radical (unpaired) electrons. The van der Waals surface area contributed by atoms with Crippen molar-refractivity contribution in [1.82, 2.24) is 10.3 Å². The van der Waals surface area contributed by atoms with Crippen molar-refractivity contribution in [2.24, 2.45) is 10.2 Å². The van der Waals surface area contributed by atoms with E-state index in [4.69, 9.17) is 0 Å². The number of amides is 1. The normalized spacial score (nSPS) is 12.9. The third-order valence-electron chi connectivity index (χ3n) is 3.82. The van der Waals surface area contributed by atoms with Crippen LogP contribution in [0.2, 0.25) is 0 Å². The second-order valence-electron chi connectivity index (χ2n) is 5.99. The maximum Gasteiger partial charge on any atom is 0.251 e. The molecule has 4 N–H and O–H groups in total. The third-order valence-corrected chi connectivity index (χ3v) is 4.86. The molecule has 1 aromatic carbocycles. The standard InChI is InChI=1S/C19H19N5O3S/c1-12(25)11-28-18-9-17(22-23-18)13-6-14(8-16(7-13)24-27)19(26)21-10-15-4-2-3-5-20-15/h2-8,24-25,27H,1,9-11H2,(H,21,26). The quantitative estimate of drug-likeness (QED) is 0.421. The molecule has 3 rings (SSSR count). The number of rotatable bonds is 7. The number of nitrogens with zero attached hydrogens (tertiary/aromatic N) is 3. The molecule has 1 aliphatic heterocycles. The Morgan fingerprint density at radius 2 is 2.11 bits per heavy atom. The van der Waals surface area contributed by atoms with Gasteiger partial charge in [-0.05, 0) is 30.3 Å². The Morgan fingerprint density at radius 3 is 2.82 bits per heavy atom. The Balaban J connectivity index is 1.70. The number of benzene rings is 1. The van der Waals surface area contributed by atoms with Crippen LogP contribution in [0.5, 0.6) is 0 Å². The zero-order chi connectivity index (χ0) is 19.9. The Labute approximate surface area is 166 Å². The van der Waals surface area contributed by atoms with Gasteiger partial charge in [-0.15, -0.1) is 16.9 Å². The van der Waals surface area contributed by atoms with Crippen molar-refractivity contribution in [3.05, 3.63) is 71.8 Å². The van der Waals surface area contributed by atoms with E-state index in [1.807, 2.05) is 12.1 Å². The summed E-state index contributed by atoms with van der Waals surface area (Å²) in [7, 11) is 0. The fraction of sp³-hybridized carbons (Fsp3) is 0.158. The number of hydrogen-bond donors (Lipinski definition) is 4. The van der Waals surface area contributed by atoms with E-state index in [1.54, 1.807) is 30.5 Å². The molecule has 0 bridgehead atoms. The largest absolute Gasteiger partial charge is 0.512 e. The van der Waals surface area contributed by atoms with E-state index in [1.165, 1.54) is 11.8 Å². The molecule has 144 valence electrons. The highest BCUT2D eigenvalue weighted by Gasteiger charge is 2.18. The number of pyridine rings is 1. The predicted molar refractivity (Wildman–Crippen MR) is 110 cm³/mol. The molecule has 0 saturated heterocycles. The highest BCUT2D eigenvalue weighted by Crippen LogP contribution is 2.23. The van der Waals surface area contributed by atoms with Crippen LogP contribution in [-0.2, 0) is 6.54 Å². The van der Waals surface area contributed by atoms with Gasteiger partial charge in [-0.3, -0.25) is 20.5 Å². The van der Waals surface area contributed by atoms with Crippen molar-refractivity contribution < 1.29 is 15.1 Å². The SMILES string of the molecule is C=C(O)CSC1=NN=C(c2cc(NO)cc(C(=O)NCc3ccccn3)c2)C1. The van der Waals surface area contributed by atoms with Gasteiger partial charge in [0.15, 0.2) is 0 Å². The first-order chi connectivity index (χ1) is 13.5. The van der Waals surface area contributed by atoms with Crippen molar-refractivity contribution >= 4 is 34.1 Å². The molecule has 2 heterocycles. The highest BCUT2D eigenvalue weighted by molar-refractivity contribution is 8.14. The van der Waals surface area contributed by atoms with E-state index in [-0.39, 0.29) is 11.7 Å². The number of aromatic nitrogens is 1. The number of aliphatic hydroxyl groups excluding tert-OH is 1. The summed E-state index contributed by atoms with van der Waals surface area (Å²) in [6.45, 7) is 3.74. The van der Waals surface area contributed by atoms with Gasteiger partial charge in [0.1, 0.15) is 5.04 Å². The molecule has 9 heteroatoms. The maximum atomic E-state index is 12.5. The molecule has 1 aromatic heterocycles. The molecule has 0 unspecified atom stereocenters. The van der Waals surface area contributed by atoms with Crippen LogP contribution in [0.15, 0.2) is 65.1 Å². The topological polar surface area (TPSA) is 119 Å². The first-order valence-corrected chi connectivity index (χ1v) is 9.40. The van der Waals surface area contributed by atoms with Gasteiger partial charge in [-0.1, -0.05) is 12.6 Å². The minimum Gasteiger partial charge on any atom is -0.512 e. The van der Waals surface area contributed by atoms with Gasteiger partial charge in [0, 0.05) is 23.7 Å². The number of hydrogen-bond acceptors (Lipinski definition) is 8. The number of aliphatic hydroxyl groups is 1. The molecule has 0 spiro atoms. The van der Waals surface area contributed by atoms with Gasteiger partial charge in [-0.2, -0.15) is 5.10 Å². The molecular weight excluding hydrogens is 378 g/mol. The highest BCUT2D eigenvalue weighted by atomic mass is 32.2. The van der Waals surface area contributed by atoms with Crippen LogP contribution in [0.25, 0.3) is 0 Å². The van der Waals surface area contributed by atoms with Crippen LogP contribution in [-0.4, -0.2) is 37.7 Å². The molecule has 8 nitrogen and oxygen atoms in total. The van der Waals surface area contributed by atoms with Gasteiger partial charge in [0.05, 0.1) is 35.1 Å². The molecule has 28 heavy (non-hydrogen) atoms. The summed E-state index contributed by atoms with van der Waals surface area (Å²) in [5.41, 5.74) is 4.90. The van der Waals surface area contributed by atoms with E-state index < -0.39 is 0 Å². The van der Waals surface area contributed by atoms with Gasteiger partial charge in [-0.25, -0.2) is 0 Å². The molecular formula is C19H19N5O3S. The average Bonchev–Trinajstić information content (AvgIpc) is 3.20. The fourth-order valence-electron chi connectivity index (χ4n) is 2.50. The Bertz CT molecular complexity index is 944. The number of nitrogens with one attached hydrogen (secondary N) is 2. The summed E-state index contributed by atoms with van der Waals surface area (Å²) in [6.07, 6.45) is 2.14. The van der Waals surface area contributed by atoms with E-state index in [0.29, 0.717) is 41.2 Å². The Kier molecular flexibility index (Phi) is 6.41. The lowest BCUT2D eigenvalue weighted by molar-refractivity contribution is 0.0950. The summed E-state index contributed by atoms with van der Waals surface area (Å²) in [5, 5.41) is 30.3. The zero-order valence-corrected chi connectivity index (χ0v) is 15.7. The van der Waals surface area contributed by atoms with Crippen LogP contribution >= 0.6 is 11.8 Å². The van der Waals surface area contributed by atoms with E-state index in [0.717, 1.165) is 10.7 Å². The minimum atomic E-state index is -0.297. The summed E-state index contributed by atoms with van der Waals surface area (Å²) < 4.78 is 0. The van der Waals surface area contributed by atoms with Crippen molar-refractivity contribution in [2.75, 3.05) is 11.2 Å². The van der Waals surface area contributed by atoms with Crippen molar-refractivity contribution in [3.8, 4) is 0 Å². The molecule has 0 fully saturated rings. The average molecular weight is 397 g/mol. The van der Waals surface area contributed by atoms with Gasteiger partial charge in [0.2, 0.25) is 0 Å². The Morgan fingerprint density at radius 1 is 1.25 bits per heavy atom. The molecule has 2 aromatic rings. The van der Waals surface area contributed by atoms with Crippen molar-refractivity contribution in [2.45, 2.75) is 13.0 Å². The van der Waals surface area contributed by atoms with Crippen molar-refractivity contribution in [1.29, 1.82) is 0 Å². The first-order valence-electron chi connectivity index (χ1n) is 8.42. The minimum absolute atomic E-state index is 0.0690. The Hall–Kier alpha value is -3.17. The van der Waals surface area contributed by atoms with Crippen LogP contribution in [0, 0.1) is 0 Å². The van der Waals surface area contributed by atoms with Crippen LogP contribution in [0.1, 0.15) is 28.0 Å². The van der Waals surface area contributed by atoms with Crippen LogP contribution < -0.4 is 10.8 Å². The van der Waals surface area contributed by atoms with Gasteiger partial charge in [0.25, 0.3) is 5.91 Å². The van der Waals surface area contributed by atoms with Crippen LogP contribution in [0.3, 0.4) is 0 Å². The van der Waals surface area contributed by atoms with Crippen LogP contribution in [0.4, 0.5) is 5.69 Å². The summed E-state index contributed by atoms with van der Waals surface area (Å²) in [6, 6.07) is 10.4. The summed E-state index contributed by atoms with van der Waals surface area (Å²) >= 11 is 1.35. The smallest absolute Gasteiger partial charge is 0.251 e. The van der Waals surface area contributed by atoms with Crippen molar-refractivity contribution in [3.63, 3.8) is 0 Å².